The molecule has 0 aromatic heterocycles. The predicted octanol–water partition coefficient (Wildman–Crippen LogP) is 3.10. The van der Waals surface area contributed by atoms with E-state index >= 15 is 0 Å². The Bertz CT molecular complexity index is 481. The first-order valence-corrected chi connectivity index (χ1v) is 7.44. The van der Waals surface area contributed by atoms with Crippen LogP contribution in [-0.4, -0.2) is 43.8 Å². The van der Waals surface area contributed by atoms with Crippen LogP contribution >= 0.6 is 15.9 Å². The minimum absolute atomic E-state index is 0.0930. The number of morpholine rings is 1. The van der Waals surface area contributed by atoms with Crippen molar-refractivity contribution < 1.29 is 14.3 Å². The van der Waals surface area contributed by atoms with Gasteiger partial charge in [0.05, 0.1) is 30.8 Å². The number of halogens is 1. The average molecular weight is 343 g/mol. The van der Waals surface area contributed by atoms with E-state index in [4.69, 9.17) is 9.47 Å². The van der Waals surface area contributed by atoms with E-state index in [2.05, 4.69) is 28.2 Å². The van der Waals surface area contributed by atoms with Gasteiger partial charge in [-0.1, -0.05) is 6.92 Å². The number of amides is 2. The summed E-state index contributed by atoms with van der Waals surface area (Å²) in [5.74, 6) is 0.691. The summed E-state index contributed by atoms with van der Waals surface area (Å²) >= 11 is 3.39. The van der Waals surface area contributed by atoms with E-state index in [1.807, 2.05) is 17.0 Å². The van der Waals surface area contributed by atoms with Gasteiger partial charge in [-0.3, -0.25) is 0 Å². The standard InChI is InChI=1S/C14H19BrN2O3/c1-3-11-9-20-7-6-17(11)14(18)16-10-4-5-12(15)13(8-10)19-2/h4-5,8,11H,3,6-7,9H2,1-2H3,(H,16,18). The van der Waals surface area contributed by atoms with Crippen LogP contribution in [0.25, 0.3) is 0 Å². The topological polar surface area (TPSA) is 50.8 Å². The SMILES string of the molecule is CCC1COCCN1C(=O)Nc1ccc(Br)c(OC)c1. The molecule has 1 N–H and O–H groups in total. The molecule has 1 unspecified atom stereocenters. The molecule has 5 nitrogen and oxygen atoms in total. The second kappa shape index (κ2) is 6.95. The Balaban J connectivity index is 2.06. The number of benzene rings is 1. The molecular weight excluding hydrogens is 324 g/mol. The van der Waals surface area contributed by atoms with Crippen LogP contribution in [0.1, 0.15) is 13.3 Å². The summed E-state index contributed by atoms with van der Waals surface area (Å²) in [5, 5.41) is 2.91. The highest BCUT2D eigenvalue weighted by molar-refractivity contribution is 9.10. The van der Waals surface area contributed by atoms with Gasteiger partial charge >= 0.3 is 6.03 Å². The van der Waals surface area contributed by atoms with Crippen molar-refractivity contribution >= 4 is 27.6 Å². The summed E-state index contributed by atoms with van der Waals surface area (Å²) in [6, 6.07) is 5.53. The molecule has 110 valence electrons. The lowest BCUT2D eigenvalue weighted by atomic mass is 10.2. The molecule has 1 aliphatic heterocycles. The zero-order chi connectivity index (χ0) is 14.5. The predicted molar refractivity (Wildman–Crippen MR) is 81.3 cm³/mol. The second-order valence-electron chi connectivity index (χ2n) is 4.61. The maximum atomic E-state index is 12.3. The molecule has 2 rings (SSSR count). The quantitative estimate of drug-likeness (QED) is 0.918. The van der Waals surface area contributed by atoms with Crippen LogP contribution in [0, 0.1) is 0 Å². The molecule has 1 aromatic carbocycles. The number of nitrogens with one attached hydrogen (secondary N) is 1. The molecule has 6 heteroatoms. The maximum Gasteiger partial charge on any atom is 0.322 e. The number of ether oxygens (including phenoxy) is 2. The molecule has 2 amide bonds. The van der Waals surface area contributed by atoms with Gasteiger partial charge in [0.15, 0.2) is 0 Å². The zero-order valence-electron chi connectivity index (χ0n) is 11.7. The Morgan fingerprint density at radius 3 is 3.10 bits per heavy atom. The van der Waals surface area contributed by atoms with Crippen molar-refractivity contribution in [2.75, 3.05) is 32.2 Å². The summed E-state index contributed by atoms with van der Waals surface area (Å²) < 4.78 is 11.5. The maximum absolute atomic E-state index is 12.3. The Hall–Kier alpha value is -1.27. The third-order valence-electron chi connectivity index (χ3n) is 3.36. The number of urea groups is 1. The molecule has 0 bridgehead atoms. The Kier molecular flexibility index (Phi) is 5.25. The molecule has 1 saturated heterocycles. The van der Waals surface area contributed by atoms with Crippen LogP contribution < -0.4 is 10.1 Å². The van der Waals surface area contributed by atoms with Crippen molar-refractivity contribution in [1.82, 2.24) is 4.90 Å². The number of rotatable bonds is 3. The van der Waals surface area contributed by atoms with Gasteiger partial charge in [-0.05, 0) is 34.5 Å². The van der Waals surface area contributed by atoms with E-state index in [0.29, 0.717) is 25.5 Å². The largest absolute Gasteiger partial charge is 0.495 e. The van der Waals surface area contributed by atoms with E-state index in [9.17, 15) is 4.79 Å². The zero-order valence-corrected chi connectivity index (χ0v) is 13.3. The van der Waals surface area contributed by atoms with Gasteiger partial charge < -0.3 is 19.7 Å². The van der Waals surface area contributed by atoms with Crippen molar-refractivity contribution in [1.29, 1.82) is 0 Å². The molecule has 0 aliphatic carbocycles. The number of hydrogen-bond acceptors (Lipinski definition) is 3. The molecule has 0 saturated carbocycles. The van der Waals surface area contributed by atoms with Crippen molar-refractivity contribution in [3.05, 3.63) is 22.7 Å². The van der Waals surface area contributed by atoms with Crippen molar-refractivity contribution in [2.24, 2.45) is 0 Å². The van der Waals surface area contributed by atoms with E-state index in [0.717, 1.165) is 16.6 Å². The average Bonchev–Trinajstić information content (AvgIpc) is 2.49. The van der Waals surface area contributed by atoms with E-state index in [1.165, 1.54) is 0 Å². The Morgan fingerprint density at radius 2 is 2.40 bits per heavy atom. The second-order valence-corrected chi connectivity index (χ2v) is 5.46. The first-order valence-electron chi connectivity index (χ1n) is 6.64. The number of methoxy groups -OCH3 is 1. The van der Waals surface area contributed by atoms with E-state index < -0.39 is 0 Å². The van der Waals surface area contributed by atoms with Gasteiger partial charge in [-0.15, -0.1) is 0 Å². The molecule has 20 heavy (non-hydrogen) atoms. The van der Waals surface area contributed by atoms with Crippen LogP contribution in [0.4, 0.5) is 10.5 Å². The molecule has 0 spiro atoms. The highest BCUT2D eigenvalue weighted by atomic mass is 79.9. The highest BCUT2D eigenvalue weighted by Crippen LogP contribution is 2.28. The number of hydrogen-bond donors (Lipinski definition) is 1. The van der Waals surface area contributed by atoms with Crippen LogP contribution in [0.2, 0.25) is 0 Å². The number of carbonyl (C=O) groups is 1. The van der Waals surface area contributed by atoms with E-state index in [1.54, 1.807) is 13.2 Å². The van der Waals surface area contributed by atoms with E-state index in [-0.39, 0.29) is 12.1 Å². The van der Waals surface area contributed by atoms with Gasteiger partial charge in [0.25, 0.3) is 0 Å². The lowest BCUT2D eigenvalue weighted by Gasteiger charge is -2.35. The summed E-state index contributed by atoms with van der Waals surface area (Å²) in [6.07, 6.45) is 0.886. The number of nitrogens with zero attached hydrogens (tertiary/aromatic N) is 1. The van der Waals surface area contributed by atoms with Crippen molar-refractivity contribution in [3.63, 3.8) is 0 Å². The third kappa shape index (κ3) is 3.43. The first kappa shape index (κ1) is 15.1. The van der Waals surface area contributed by atoms with Crippen molar-refractivity contribution in [2.45, 2.75) is 19.4 Å². The number of anilines is 1. The smallest absolute Gasteiger partial charge is 0.322 e. The normalized spacial score (nSPS) is 18.8. The van der Waals surface area contributed by atoms with Crippen LogP contribution in [0.15, 0.2) is 22.7 Å². The van der Waals surface area contributed by atoms with Gasteiger partial charge in [0, 0.05) is 18.3 Å². The summed E-state index contributed by atoms with van der Waals surface area (Å²) in [5.41, 5.74) is 0.719. The molecule has 1 fully saturated rings. The molecule has 1 aliphatic rings. The van der Waals surface area contributed by atoms with Gasteiger partial charge in [-0.25, -0.2) is 4.79 Å². The fourth-order valence-corrected chi connectivity index (χ4v) is 2.60. The summed E-state index contributed by atoms with van der Waals surface area (Å²) in [4.78, 5) is 14.2. The summed E-state index contributed by atoms with van der Waals surface area (Å²) in [6.45, 7) is 3.88. The number of carbonyl (C=O) groups excluding carboxylic acids is 1. The fraction of sp³-hybridized carbons (Fsp3) is 0.500. The van der Waals surface area contributed by atoms with Gasteiger partial charge in [0.2, 0.25) is 0 Å². The Morgan fingerprint density at radius 1 is 1.60 bits per heavy atom. The Labute approximate surface area is 127 Å². The fourth-order valence-electron chi connectivity index (χ4n) is 2.19. The molecular formula is C14H19BrN2O3. The lowest BCUT2D eigenvalue weighted by molar-refractivity contribution is 0.0144. The monoisotopic (exact) mass is 342 g/mol. The highest BCUT2D eigenvalue weighted by Gasteiger charge is 2.25. The minimum Gasteiger partial charge on any atom is -0.495 e. The van der Waals surface area contributed by atoms with Gasteiger partial charge in [0.1, 0.15) is 5.75 Å². The molecule has 1 heterocycles. The van der Waals surface area contributed by atoms with Crippen LogP contribution in [0.3, 0.4) is 0 Å². The first-order chi connectivity index (χ1) is 9.65. The minimum atomic E-state index is -0.0930. The van der Waals surface area contributed by atoms with Crippen LogP contribution in [0.5, 0.6) is 5.75 Å². The van der Waals surface area contributed by atoms with Crippen molar-refractivity contribution in [3.8, 4) is 5.75 Å². The lowest BCUT2D eigenvalue weighted by Crippen LogP contribution is -2.50. The third-order valence-corrected chi connectivity index (χ3v) is 4.02. The molecule has 1 aromatic rings. The molecule has 0 radical (unpaired) electrons. The molecule has 1 atom stereocenters. The van der Waals surface area contributed by atoms with Crippen LogP contribution in [-0.2, 0) is 4.74 Å². The van der Waals surface area contributed by atoms with Gasteiger partial charge in [-0.2, -0.15) is 0 Å². The summed E-state index contributed by atoms with van der Waals surface area (Å²) in [7, 11) is 1.60.